The van der Waals surface area contributed by atoms with E-state index in [1.807, 2.05) is 0 Å². The summed E-state index contributed by atoms with van der Waals surface area (Å²) in [6, 6.07) is 3.03. The van der Waals surface area contributed by atoms with Crippen molar-refractivity contribution < 1.29 is 14.1 Å². The van der Waals surface area contributed by atoms with Gasteiger partial charge >= 0.3 is 0 Å². The van der Waals surface area contributed by atoms with E-state index in [4.69, 9.17) is 0 Å². The second kappa shape index (κ2) is 5.75. The zero-order valence-corrected chi connectivity index (χ0v) is 10.2. The van der Waals surface area contributed by atoms with Crippen LogP contribution in [0.1, 0.15) is 12.8 Å². The Morgan fingerprint density at radius 2 is 2.32 bits per heavy atom. The van der Waals surface area contributed by atoms with Gasteiger partial charge in [-0.05, 0) is 31.5 Å². The number of carbonyl (C=O) groups is 1. The van der Waals surface area contributed by atoms with E-state index in [9.17, 15) is 19.3 Å². The predicted octanol–water partition coefficient (Wildman–Crippen LogP) is 1.67. The number of nitro benzene ring substituents is 1. The summed E-state index contributed by atoms with van der Waals surface area (Å²) >= 11 is 0. The van der Waals surface area contributed by atoms with E-state index in [2.05, 4.69) is 10.6 Å². The predicted molar refractivity (Wildman–Crippen MR) is 67.3 cm³/mol. The largest absolute Gasteiger partial charge is 0.326 e. The Bertz CT molecular complexity index is 501. The van der Waals surface area contributed by atoms with E-state index < -0.39 is 10.7 Å². The molecule has 0 saturated carbocycles. The monoisotopic (exact) mass is 267 g/mol. The lowest BCUT2D eigenvalue weighted by Gasteiger charge is -2.09. The number of nitrogens with one attached hydrogen (secondary N) is 2. The van der Waals surface area contributed by atoms with Crippen LogP contribution in [0.2, 0.25) is 0 Å². The summed E-state index contributed by atoms with van der Waals surface area (Å²) in [7, 11) is 0. The molecule has 1 atom stereocenters. The third-order valence-electron chi connectivity index (χ3n) is 3.01. The van der Waals surface area contributed by atoms with Crippen LogP contribution in [-0.4, -0.2) is 23.9 Å². The van der Waals surface area contributed by atoms with Gasteiger partial charge in [-0.2, -0.15) is 0 Å². The molecular weight excluding hydrogens is 253 g/mol. The molecule has 1 amide bonds. The molecule has 1 heterocycles. The fraction of sp³-hybridized carbons (Fsp3) is 0.417. The Kier molecular flexibility index (Phi) is 4.06. The Hall–Kier alpha value is -2.02. The molecule has 1 aliphatic heterocycles. The molecule has 1 aromatic rings. The SMILES string of the molecule is O=C(CC1CCNC1)Nc1cc(F)cc([N+](=O)[O-])c1. The zero-order chi connectivity index (χ0) is 13.8. The average Bonchev–Trinajstić information content (AvgIpc) is 2.80. The minimum Gasteiger partial charge on any atom is -0.326 e. The number of anilines is 1. The van der Waals surface area contributed by atoms with Crippen LogP contribution in [0.4, 0.5) is 15.8 Å². The Morgan fingerprint density at radius 1 is 1.53 bits per heavy atom. The summed E-state index contributed by atoms with van der Waals surface area (Å²) in [4.78, 5) is 21.6. The summed E-state index contributed by atoms with van der Waals surface area (Å²) in [6.45, 7) is 1.68. The molecule has 0 bridgehead atoms. The van der Waals surface area contributed by atoms with Crippen LogP contribution in [0.15, 0.2) is 18.2 Å². The second-order valence-electron chi connectivity index (χ2n) is 4.57. The van der Waals surface area contributed by atoms with Crippen molar-refractivity contribution in [2.45, 2.75) is 12.8 Å². The number of rotatable bonds is 4. The summed E-state index contributed by atoms with van der Waals surface area (Å²) in [5.41, 5.74) is -0.263. The van der Waals surface area contributed by atoms with E-state index in [1.54, 1.807) is 0 Å². The first-order valence-corrected chi connectivity index (χ1v) is 6.00. The van der Waals surface area contributed by atoms with Gasteiger partial charge in [0.2, 0.25) is 5.91 Å². The Morgan fingerprint density at radius 3 is 2.95 bits per heavy atom. The molecular formula is C12H14FN3O3. The van der Waals surface area contributed by atoms with Gasteiger partial charge in [-0.3, -0.25) is 14.9 Å². The van der Waals surface area contributed by atoms with E-state index in [0.29, 0.717) is 6.42 Å². The molecule has 1 unspecified atom stereocenters. The molecule has 2 rings (SSSR count). The van der Waals surface area contributed by atoms with Crippen molar-refractivity contribution in [3.8, 4) is 0 Å². The van der Waals surface area contributed by atoms with Gasteiger partial charge in [-0.1, -0.05) is 0 Å². The first-order chi connectivity index (χ1) is 9.04. The first-order valence-electron chi connectivity index (χ1n) is 6.00. The summed E-state index contributed by atoms with van der Waals surface area (Å²) < 4.78 is 13.2. The van der Waals surface area contributed by atoms with E-state index >= 15 is 0 Å². The molecule has 0 aliphatic carbocycles. The maximum Gasteiger partial charge on any atom is 0.274 e. The van der Waals surface area contributed by atoms with Crippen molar-refractivity contribution in [2.24, 2.45) is 5.92 Å². The number of non-ortho nitro benzene ring substituents is 1. The minimum absolute atomic E-state index is 0.114. The zero-order valence-electron chi connectivity index (χ0n) is 10.2. The lowest BCUT2D eigenvalue weighted by Crippen LogP contribution is -2.18. The highest BCUT2D eigenvalue weighted by Gasteiger charge is 2.19. The topological polar surface area (TPSA) is 84.3 Å². The van der Waals surface area contributed by atoms with Crippen molar-refractivity contribution in [1.29, 1.82) is 0 Å². The molecule has 0 radical (unpaired) electrons. The number of nitrogens with zero attached hydrogens (tertiary/aromatic N) is 1. The maximum atomic E-state index is 13.2. The highest BCUT2D eigenvalue weighted by Crippen LogP contribution is 2.21. The molecule has 2 N–H and O–H groups in total. The average molecular weight is 267 g/mol. The number of amides is 1. The van der Waals surface area contributed by atoms with Gasteiger partial charge in [0.05, 0.1) is 16.7 Å². The lowest BCUT2D eigenvalue weighted by molar-refractivity contribution is -0.385. The molecule has 1 fully saturated rings. The number of benzene rings is 1. The van der Waals surface area contributed by atoms with Crippen LogP contribution in [0.5, 0.6) is 0 Å². The van der Waals surface area contributed by atoms with Gasteiger partial charge in [0.1, 0.15) is 5.82 Å². The number of halogens is 1. The third-order valence-corrected chi connectivity index (χ3v) is 3.01. The highest BCUT2D eigenvalue weighted by molar-refractivity contribution is 5.91. The van der Waals surface area contributed by atoms with Crippen molar-refractivity contribution in [1.82, 2.24) is 5.32 Å². The number of carbonyl (C=O) groups excluding carboxylic acids is 1. The number of nitro groups is 1. The molecule has 102 valence electrons. The molecule has 19 heavy (non-hydrogen) atoms. The highest BCUT2D eigenvalue weighted by atomic mass is 19.1. The van der Waals surface area contributed by atoms with Crippen molar-refractivity contribution in [3.05, 3.63) is 34.1 Å². The first kappa shape index (κ1) is 13.4. The minimum atomic E-state index is -0.743. The number of hydrogen-bond acceptors (Lipinski definition) is 4. The molecule has 7 heteroatoms. The van der Waals surface area contributed by atoms with Crippen LogP contribution >= 0.6 is 0 Å². The van der Waals surface area contributed by atoms with Gasteiger partial charge in [0, 0.05) is 12.5 Å². The summed E-state index contributed by atoms with van der Waals surface area (Å²) in [5, 5.41) is 16.2. The second-order valence-corrected chi connectivity index (χ2v) is 4.57. The fourth-order valence-corrected chi connectivity index (χ4v) is 2.11. The summed E-state index contributed by atoms with van der Waals surface area (Å²) in [5.74, 6) is -0.732. The van der Waals surface area contributed by atoms with Gasteiger partial charge in [-0.15, -0.1) is 0 Å². The Labute approximate surface area is 109 Å². The van der Waals surface area contributed by atoms with Crippen LogP contribution < -0.4 is 10.6 Å². The molecule has 0 aromatic heterocycles. The van der Waals surface area contributed by atoms with Crippen molar-refractivity contribution in [2.75, 3.05) is 18.4 Å². The van der Waals surface area contributed by atoms with Gasteiger partial charge in [0.15, 0.2) is 0 Å². The molecule has 0 spiro atoms. The number of hydrogen-bond donors (Lipinski definition) is 2. The van der Waals surface area contributed by atoms with Crippen molar-refractivity contribution >= 4 is 17.3 Å². The van der Waals surface area contributed by atoms with Crippen LogP contribution in [-0.2, 0) is 4.79 Å². The summed E-state index contributed by atoms with van der Waals surface area (Å²) in [6.07, 6.45) is 1.26. The quantitative estimate of drug-likeness (QED) is 0.642. The smallest absolute Gasteiger partial charge is 0.274 e. The van der Waals surface area contributed by atoms with Gasteiger partial charge in [-0.25, -0.2) is 4.39 Å². The van der Waals surface area contributed by atoms with E-state index in [1.165, 1.54) is 0 Å². The van der Waals surface area contributed by atoms with Crippen LogP contribution in [0.3, 0.4) is 0 Å². The van der Waals surface area contributed by atoms with Gasteiger partial charge in [0.25, 0.3) is 5.69 Å². The van der Waals surface area contributed by atoms with E-state index in [-0.39, 0.29) is 23.2 Å². The third kappa shape index (κ3) is 3.72. The Balaban J connectivity index is 2.01. The van der Waals surface area contributed by atoms with Crippen LogP contribution in [0.25, 0.3) is 0 Å². The lowest BCUT2D eigenvalue weighted by atomic mass is 10.0. The molecule has 1 aromatic carbocycles. The standard InChI is InChI=1S/C12H14FN3O3/c13-9-4-10(6-11(5-9)16(18)19)15-12(17)3-8-1-2-14-7-8/h4-6,8,14H,1-3,7H2,(H,15,17). The molecule has 1 saturated heterocycles. The molecule has 1 aliphatic rings. The van der Waals surface area contributed by atoms with Gasteiger partial charge < -0.3 is 10.6 Å². The fourth-order valence-electron chi connectivity index (χ4n) is 2.11. The van der Waals surface area contributed by atoms with Crippen molar-refractivity contribution in [3.63, 3.8) is 0 Å². The van der Waals surface area contributed by atoms with Crippen LogP contribution in [0, 0.1) is 21.8 Å². The van der Waals surface area contributed by atoms with E-state index in [0.717, 1.165) is 37.7 Å². The maximum absolute atomic E-state index is 13.2. The normalized spacial score (nSPS) is 18.3. The molecule has 6 nitrogen and oxygen atoms in total.